The molecule has 1 heterocycles. The molecule has 0 saturated heterocycles. The van der Waals surface area contributed by atoms with E-state index < -0.39 is 0 Å². The summed E-state index contributed by atoms with van der Waals surface area (Å²) in [5.74, 6) is 1.48. The number of nitrogens with one attached hydrogen (secondary N) is 2. The van der Waals surface area contributed by atoms with E-state index in [1.165, 1.54) is 18.4 Å². The quantitative estimate of drug-likeness (QED) is 0.755. The Morgan fingerprint density at radius 1 is 1.00 bits per heavy atom. The molecule has 0 aliphatic carbocycles. The topological polar surface area (TPSA) is 49.8 Å². The van der Waals surface area contributed by atoms with Gasteiger partial charge in [0.25, 0.3) is 0 Å². The van der Waals surface area contributed by atoms with Crippen molar-refractivity contribution in [1.29, 1.82) is 0 Å². The maximum atomic E-state index is 4.44. The van der Waals surface area contributed by atoms with Crippen molar-refractivity contribution < 1.29 is 0 Å². The van der Waals surface area contributed by atoms with Crippen molar-refractivity contribution in [2.75, 3.05) is 17.2 Å². The second-order valence-electron chi connectivity index (χ2n) is 5.12. The number of aryl methyl sites for hydroxylation is 1. The average molecular weight is 284 g/mol. The van der Waals surface area contributed by atoms with E-state index in [1.54, 1.807) is 6.20 Å². The minimum atomic E-state index is 0.668. The molecule has 0 unspecified atom stereocenters. The molecule has 21 heavy (non-hydrogen) atoms. The minimum Gasteiger partial charge on any atom is -0.354 e. The summed E-state index contributed by atoms with van der Waals surface area (Å²) in [4.78, 5) is 8.65. The minimum absolute atomic E-state index is 0.668. The number of nitrogens with zero attached hydrogens (tertiary/aromatic N) is 2. The van der Waals surface area contributed by atoms with Crippen molar-refractivity contribution in [2.45, 2.75) is 39.5 Å². The van der Waals surface area contributed by atoms with Crippen molar-refractivity contribution in [2.24, 2.45) is 0 Å². The van der Waals surface area contributed by atoms with Crippen LogP contribution in [0, 0.1) is 0 Å². The highest BCUT2D eigenvalue weighted by Crippen LogP contribution is 2.17. The molecule has 112 valence electrons. The highest BCUT2D eigenvalue weighted by molar-refractivity contribution is 5.57. The molecular formula is C17H24N4. The molecule has 0 fully saturated rings. The molecule has 0 spiro atoms. The number of unbranched alkanes of at least 4 members (excludes halogenated alkanes) is 1. The summed E-state index contributed by atoms with van der Waals surface area (Å²) in [6.45, 7) is 5.22. The van der Waals surface area contributed by atoms with Crippen molar-refractivity contribution in [3.8, 4) is 0 Å². The van der Waals surface area contributed by atoms with Crippen molar-refractivity contribution in [3.05, 3.63) is 42.1 Å². The molecule has 0 saturated carbocycles. The van der Waals surface area contributed by atoms with E-state index in [0.29, 0.717) is 5.95 Å². The maximum absolute atomic E-state index is 4.44. The first-order chi connectivity index (χ1) is 10.3. The fourth-order valence-corrected chi connectivity index (χ4v) is 2.03. The van der Waals surface area contributed by atoms with Gasteiger partial charge in [-0.3, -0.25) is 0 Å². The fraction of sp³-hybridized carbons (Fsp3) is 0.412. The predicted octanol–water partition coefficient (Wildman–Crippen LogP) is 4.38. The predicted molar refractivity (Wildman–Crippen MR) is 89.1 cm³/mol. The lowest BCUT2D eigenvalue weighted by molar-refractivity contribution is 0.795. The summed E-state index contributed by atoms with van der Waals surface area (Å²) in [5.41, 5.74) is 2.44. The van der Waals surface area contributed by atoms with E-state index in [2.05, 4.69) is 58.7 Å². The standard InChI is InChI=1S/C17H24N4/c1-3-5-6-14-7-9-15(10-8-14)20-16-11-13-19-17(21-16)18-12-4-2/h7-11,13H,3-6,12H2,1-2H3,(H2,18,19,20,21). The lowest BCUT2D eigenvalue weighted by Crippen LogP contribution is -2.05. The first-order valence-corrected chi connectivity index (χ1v) is 7.74. The second-order valence-corrected chi connectivity index (χ2v) is 5.12. The molecule has 2 rings (SSSR count). The Balaban J connectivity index is 1.97. The summed E-state index contributed by atoms with van der Waals surface area (Å²) in [5, 5.41) is 6.50. The fourth-order valence-electron chi connectivity index (χ4n) is 2.03. The van der Waals surface area contributed by atoms with Crippen LogP contribution in [0.5, 0.6) is 0 Å². The third kappa shape index (κ3) is 5.06. The van der Waals surface area contributed by atoms with Crippen LogP contribution in [0.2, 0.25) is 0 Å². The SMILES string of the molecule is CCCCc1ccc(Nc2ccnc(NCCC)n2)cc1. The number of anilines is 3. The summed E-state index contributed by atoms with van der Waals surface area (Å²) in [6, 6.07) is 10.4. The van der Waals surface area contributed by atoms with Gasteiger partial charge in [-0.1, -0.05) is 32.4 Å². The van der Waals surface area contributed by atoms with Crippen molar-refractivity contribution in [1.82, 2.24) is 9.97 Å². The van der Waals surface area contributed by atoms with Crippen molar-refractivity contribution in [3.63, 3.8) is 0 Å². The Kier molecular flexibility index (Phi) is 6.00. The number of aromatic nitrogens is 2. The Morgan fingerprint density at radius 2 is 1.81 bits per heavy atom. The molecule has 4 nitrogen and oxygen atoms in total. The van der Waals surface area contributed by atoms with Crippen LogP contribution in [-0.2, 0) is 6.42 Å². The van der Waals surface area contributed by atoms with Crippen LogP contribution < -0.4 is 10.6 Å². The second kappa shape index (κ2) is 8.25. The molecule has 2 N–H and O–H groups in total. The van der Waals surface area contributed by atoms with E-state index >= 15 is 0 Å². The zero-order chi connectivity index (χ0) is 14.9. The van der Waals surface area contributed by atoms with Gasteiger partial charge in [-0.2, -0.15) is 4.98 Å². The zero-order valence-electron chi connectivity index (χ0n) is 12.9. The molecule has 1 aromatic heterocycles. The number of rotatable bonds is 8. The normalized spacial score (nSPS) is 10.4. The van der Waals surface area contributed by atoms with Gasteiger partial charge in [-0.15, -0.1) is 0 Å². The van der Waals surface area contributed by atoms with Gasteiger partial charge in [0, 0.05) is 18.4 Å². The number of hydrogen-bond donors (Lipinski definition) is 2. The van der Waals surface area contributed by atoms with Crippen LogP contribution in [0.3, 0.4) is 0 Å². The molecule has 0 atom stereocenters. The van der Waals surface area contributed by atoms with Crippen LogP contribution in [0.15, 0.2) is 36.5 Å². The van der Waals surface area contributed by atoms with Gasteiger partial charge in [0.15, 0.2) is 0 Å². The van der Waals surface area contributed by atoms with Gasteiger partial charge in [-0.05, 0) is 43.0 Å². The Labute approximate surface area is 127 Å². The largest absolute Gasteiger partial charge is 0.354 e. The Morgan fingerprint density at radius 3 is 2.52 bits per heavy atom. The third-order valence-electron chi connectivity index (χ3n) is 3.23. The van der Waals surface area contributed by atoms with E-state index in [0.717, 1.165) is 30.9 Å². The molecule has 1 aromatic carbocycles. The van der Waals surface area contributed by atoms with Gasteiger partial charge < -0.3 is 10.6 Å². The first kappa shape index (κ1) is 15.3. The third-order valence-corrected chi connectivity index (χ3v) is 3.23. The molecule has 0 aliphatic heterocycles. The van der Waals surface area contributed by atoms with Gasteiger partial charge >= 0.3 is 0 Å². The van der Waals surface area contributed by atoms with Crippen molar-refractivity contribution >= 4 is 17.5 Å². The summed E-state index contributed by atoms with van der Waals surface area (Å²) < 4.78 is 0. The zero-order valence-corrected chi connectivity index (χ0v) is 12.9. The summed E-state index contributed by atoms with van der Waals surface area (Å²) in [7, 11) is 0. The first-order valence-electron chi connectivity index (χ1n) is 7.74. The average Bonchev–Trinajstić information content (AvgIpc) is 2.53. The van der Waals surface area contributed by atoms with Gasteiger partial charge in [-0.25, -0.2) is 4.98 Å². The highest BCUT2D eigenvalue weighted by atomic mass is 15.1. The molecule has 0 aliphatic rings. The van der Waals surface area contributed by atoms with Crippen LogP contribution in [0.1, 0.15) is 38.7 Å². The van der Waals surface area contributed by atoms with Crippen LogP contribution >= 0.6 is 0 Å². The lowest BCUT2D eigenvalue weighted by Gasteiger charge is -2.08. The van der Waals surface area contributed by atoms with E-state index in [9.17, 15) is 0 Å². The van der Waals surface area contributed by atoms with Crippen LogP contribution in [0.25, 0.3) is 0 Å². The monoisotopic (exact) mass is 284 g/mol. The van der Waals surface area contributed by atoms with E-state index in [-0.39, 0.29) is 0 Å². The number of hydrogen-bond acceptors (Lipinski definition) is 4. The molecule has 0 bridgehead atoms. The molecule has 0 amide bonds. The van der Waals surface area contributed by atoms with Crippen LogP contribution in [-0.4, -0.2) is 16.5 Å². The Hall–Kier alpha value is -2.10. The van der Waals surface area contributed by atoms with Crippen LogP contribution in [0.4, 0.5) is 17.5 Å². The summed E-state index contributed by atoms with van der Waals surface area (Å²) in [6.07, 6.45) is 6.44. The van der Waals surface area contributed by atoms with E-state index in [1.807, 2.05) is 6.07 Å². The van der Waals surface area contributed by atoms with Gasteiger partial charge in [0.2, 0.25) is 5.95 Å². The lowest BCUT2D eigenvalue weighted by atomic mass is 10.1. The highest BCUT2D eigenvalue weighted by Gasteiger charge is 2.00. The molecule has 2 aromatic rings. The summed E-state index contributed by atoms with van der Waals surface area (Å²) >= 11 is 0. The molecule has 0 radical (unpaired) electrons. The van der Waals surface area contributed by atoms with Gasteiger partial charge in [0.05, 0.1) is 0 Å². The Bertz CT molecular complexity index is 537. The number of benzene rings is 1. The molecular weight excluding hydrogens is 260 g/mol. The smallest absolute Gasteiger partial charge is 0.224 e. The maximum Gasteiger partial charge on any atom is 0.224 e. The molecule has 4 heteroatoms. The van der Waals surface area contributed by atoms with Gasteiger partial charge in [0.1, 0.15) is 5.82 Å². The van der Waals surface area contributed by atoms with E-state index in [4.69, 9.17) is 0 Å².